The predicted octanol–water partition coefficient (Wildman–Crippen LogP) is 4.79. The molecule has 0 spiro atoms. The van der Waals surface area contributed by atoms with Gasteiger partial charge in [-0.25, -0.2) is 0 Å². The Hall–Kier alpha value is -3.79. The van der Waals surface area contributed by atoms with Gasteiger partial charge in [0, 0.05) is 5.69 Å². The van der Waals surface area contributed by atoms with Crippen LogP contribution in [0.15, 0.2) is 47.4 Å². The summed E-state index contributed by atoms with van der Waals surface area (Å²) in [6.45, 7) is 7.05. The molecule has 0 aliphatic carbocycles. The van der Waals surface area contributed by atoms with Crippen molar-refractivity contribution in [3.63, 3.8) is 0 Å². The number of hydrogen-bond acceptors (Lipinski definition) is 8. The minimum Gasteiger partial charge on any atom is -0.490 e. The number of carbonyl (C=O) groups is 4. The first-order chi connectivity index (χ1) is 17.7. The molecule has 3 rings (SSSR count). The molecule has 196 valence electrons. The summed E-state index contributed by atoms with van der Waals surface area (Å²) in [6, 6.07) is 12.4. The van der Waals surface area contributed by atoms with E-state index < -0.39 is 23.7 Å². The molecule has 2 aromatic carbocycles. The van der Waals surface area contributed by atoms with E-state index in [9.17, 15) is 19.2 Å². The van der Waals surface area contributed by atoms with Gasteiger partial charge in [-0.1, -0.05) is 25.1 Å². The summed E-state index contributed by atoms with van der Waals surface area (Å²) in [4.78, 5) is 50.5. The van der Waals surface area contributed by atoms with Crippen molar-refractivity contribution in [2.75, 3.05) is 25.1 Å². The molecule has 1 fully saturated rings. The number of esters is 1. The fraction of sp³-hybridized carbons (Fsp3) is 0.333. The van der Waals surface area contributed by atoms with Gasteiger partial charge in [0.2, 0.25) is 0 Å². The van der Waals surface area contributed by atoms with Gasteiger partial charge < -0.3 is 19.5 Å². The number of benzene rings is 2. The van der Waals surface area contributed by atoms with Gasteiger partial charge in [-0.2, -0.15) is 0 Å². The van der Waals surface area contributed by atoms with Crippen molar-refractivity contribution in [1.82, 2.24) is 4.90 Å². The topological polar surface area (TPSA) is 111 Å². The zero-order valence-electron chi connectivity index (χ0n) is 21.2. The molecule has 9 nitrogen and oxygen atoms in total. The number of aryl methyl sites for hydroxylation is 1. The second-order valence-electron chi connectivity index (χ2n) is 8.32. The highest BCUT2D eigenvalue weighted by atomic mass is 32.2. The van der Waals surface area contributed by atoms with Gasteiger partial charge in [-0.15, -0.1) is 0 Å². The molecule has 1 N–H and O–H groups in total. The van der Waals surface area contributed by atoms with Crippen LogP contribution in [0, 0.1) is 6.92 Å². The number of amides is 3. The van der Waals surface area contributed by atoms with Crippen LogP contribution in [0.25, 0.3) is 6.08 Å². The van der Waals surface area contributed by atoms with Crippen molar-refractivity contribution in [2.24, 2.45) is 0 Å². The van der Waals surface area contributed by atoms with Crippen molar-refractivity contribution in [3.8, 4) is 11.5 Å². The largest absolute Gasteiger partial charge is 0.490 e. The summed E-state index contributed by atoms with van der Waals surface area (Å²) in [5.41, 5.74) is 2.29. The van der Waals surface area contributed by atoms with Gasteiger partial charge in [-0.05, 0) is 80.4 Å². The van der Waals surface area contributed by atoms with Gasteiger partial charge in [0.25, 0.3) is 17.1 Å². The van der Waals surface area contributed by atoms with Crippen molar-refractivity contribution in [1.29, 1.82) is 0 Å². The molecule has 3 amide bonds. The second-order valence-corrected chi connectivity index (χ2v) is 9.32. The molecular formula is C27H30N2O7S. The number of anilines is 1. The number of hydrogen-bond donors (Lipinski definition) is 1. The molecule has 1 aliphatic rings. The van der Waals surface area contributed by atoms with Crippen LogP contribution in [0.4, 0.5) is 10.5 Å². The maximum absolute atomic E-state index is 12.7. The Balaban J connectivity index is 1.67. The monoisotopic (exact) mass is 526 g/mol. The van der Waals surface area contributed by atoms with E-state index in [2.05, 4.69) is 5.32 Å². The van der Waals surface area contributed by atoms with Crippen molar-refractivity contribution < 1.29 is 33.4 Å². The Labute approximate surface area is 220 Å². The second kappa shape index (κ2) is 13.0. The lowest BCUT2D eigenvalue weighted by Crippen LogP contribution is -2.35. The molecule has 0 radical (unpaired) electrons. The molecule has 1 saturated heterocycles. The number of imide groups is 1. The van der Waals surface area contributed by atoms with E-state index in [1.807, 2.05) is 39.0 Å². The number of rotatable bonds is 11. The van der Waals surface area contributed by atoms with E-state index in [0.29, 0.717) is 35.8 Å². The summed E-state index contributed by atoms with van der Waals surface area (Å²) in [6.07, 6.45) is 1.88. The zero-order chi connectivity index (χ0) is 26.9. The van der Waals surface area contributed by atoms with E-state index in [1.165, 1.54) is 0 Å². The molecule has 1 heterocycles. The fourth-order valence-electron chi connectivity index (χ4n) is 3.33. The van der Waals surface area contributed by atoms with Gasteiger partial charge >= 0.3 is 5.97 Å². The third-order valence-corrected chi connectivity index (χ3v) is 6.20. The van der Waals surface area contributed by atoms with Crippen LogP contribution in [0.5, 0.6) is 11.5 Å². The van der Waals surface area contributed by atoms with Crippen LogP contribution in [0.1, 0.15) is 38.3 Å². The van der Waals surface area contributed by atoms with E-state index in [0.717, 1.165) is 22.2 Å². The van der Waals surface area contributed by atoms with Crippen LogP contribution in [0.3, 0.4) is 0 Å². The van der Waals surface area contributed by atoms with Crippen LogP contribution >= 0.6 is 11.8 Å². The Morgan fingerprint density at radius 3 is 2.57 bits per heavy atom. The lowest BCUT2D eigenvalue weighted by Gasteiger charge is -2.15. The summed E-state index contributed by atoms with van der Waals surface area (Å²) < 4.78 is 16.5. The Morgan fingerprint density at radius 2 is 1.86 bits per heavy atom. The molecule has 2 aromatic rings. The quantitative estimate of drug-likeness (QED) is 0.329. The predicted molar refractivity (Wildman–Crippen MR) is 141 cm³/mol. The third-order valence-electron chi connectivity index (χ3n) is 5.29. The van der Waals surface area contributed by atoms with Gasteiger partial charge in [0.05, 0.1) is 17.6 Å². The van der Waals surface area contributed by atoms with E-state index in [-0.39, 0.29) is 23.5 Å². The molecule has 37 heavy (non-hydrogen) atoms. The molecule has 0 aromatic heterocycles. The van der Waals surface area contributed by atoms with Gasteiger partial charge in [0.1, 0.15) is 6.54 Å². The van der Waals surface area contributed by atoms with Gasteiger partial charge in [-0.3, -0.25) is 24.1 Å². The minimum atomic E-state index is -0.635. The first kappa shape index (κ1) is 27.8. The first-order valence-electron chi connectivity index (χ1n) is 11.9. The minimum absolute atomic E-state index is 0.176. The third kappa shape index (κ3) is 7.85. The van der Waals surface area contributed by atoms with Crippen molar-refractivity contribution in [3.05, 3.63) is 58.5 Å². The highest BCUT2D eigenvalue weighted by molar-refractivity contribution is 8.18. The Kier molecular flexibility index (Phi) is 9.73. The maximum Gasteiger partial charge on any atom is 0.326 e. The average molecular weight is 527 g/mol. The molecule has 0 bridgehead atoms. The Bertz CT molecular complexity index is 1210. The van der Waals surface area contributed by atoms with Crippen LogP contribution in [0.2, 0.25) is 0 Å². The average Bonchev–Trinajstić information content (AvgIpc) is 3.10. The van der Waals surface area contributed by atoms with Crippen LogP contribution in [-0.4, -0.2) is 53.8 Å². The summed E-state index contributed by atoms with van der Waals surface area (Å²) in [5, 5.41) is 2.24. The smallest absolute Gasteiger partial charge is 0.326 e. The number of ether oxygens (including phenoxy) is 3. The summed E-state index contributed by atoms with van der Waals surface area (Å²) in [7, 11) is 0. The lowest BCUT2D eigenvalue weighted by molar-refractivity contribution is -0.150. The first-order valence-corrected chi connectivity index (χ1v) is 12.7. The zero-order valence-corrected chi connectivity index (χ0v) is 22.1. The highest BCUT2D eigenvalue weighted by Gasteiger charge is 2.36. The normalized spacial score (nSPS) is 15.0. The summed E-state index contributed by atoms with van der Waals surface area (Å²) in [5.74, 6) is -0.778. The molecule has 1 aliphatic heterocycles. The number of nitrogens with one attached hydrogen (secondary N) is 1. The number of nitrogens with zero attached hydrogens (tertiary/aromatic N) is 1. The number of thioether (sulfide) groups is 1. The fourth-order valence-corrected chi connectivity index (χ4v) is 4.17. The van der Waals surface area contributed by atoms with Gasteiger partial charge in [0.15, 0.2) is 18.1 Å². The SMILES string of the molecule is CCOc1cc(/C=C2/SC(=O)N(CC(=O)O[C@H](C)CC)C2=O)ccc1OCC(=O)Nc1cccc(C)c1. The summed E-state index contributed by atoms with van der Waals surface area (Å²) >= 11 is 0.748. The molecule has 1 atom stereocenters. The van der Waals surface area contributed by atoms with Crippen molar-refractivity contribution >= 4 is 46.5 Å². The standard InChI is InChI=1S/C27H30N2O7S/c1-5-18(4)36-25(31)15-29-26(32)23(37-27(29)33)14-19-10-11-21(22(13-19)34-6-2)35-16-24(30)28-20-9-7-8-17(3)12-20/h7-14,18H,5-6,15-16H2,1-4H3,(H,28,30)/b23-14+/t18-/m1/s1. The van der Waals surface area contributed by atoms with E-state index in [1.54, 1.807) is 37.3 Å². The Morgan fingerprint density at radius 1 is 1.08 bits per heavy atom. The van der Waals surface area contributed by atoms with Crippen LogP contribution < -0.4 is 14.8 Å². The molecule has 10 heteroatoms. The molecule has 0 saturated carbocycles. The lowest BCUT2D eigenvalue weighted by atomic mass is 10.2. The molecular weight excluding hydrogens is 496 g/mol. The van der Waals surface area contributed by atoms with E-state index in [4.69, 9.17) is 14.2 Å². The molecule has 0 unspecified atom stereocenters. The van der Waals surface area contributed by atoms with E-state index >= 15 is 0 Å². The maximum atomic E-state index is 12.7. The van der Waals surface area contributed by atoms with Crippen LogP contribution in [-0.2, 0) is 19.1 Å². The number of carbonyl (C=O) groups excluding carboxylic acids is 4. The van der Waals surface area contributed by atoms with Crippen molar-refractivity contribution in [2.45, 2.75) is 40.2 Å². The highest BCUT2D eigenvalue weighted by Crippen LogP contribution is 2.34.